The normalized spacial score (nSPS) is 14.0. The molecule has 2 N–H and O–H groups in total. The molecule has 0 aromatic heterocycles. The molecule has 1 aliphatic rings. The van der Waals surface area contributed by atoms with Gasteiger partial charge in [0, 0.05) is 37.6 Å². The van der Waals surface area contributed by atoms with Gasteiger partial charge in [0.2, 0.25) is 0 Å². The van der Waals surface area contributed by atoms with Crippen molar-refractivity contribution in [1.29, 1.82) is 0 Å². The van der Waals surface area contributed by atoms with Crippen LogP contribution in [0.25, 0.3) is 0 Å². The molecule has 3 amide bonds. The highest BCUT2D eigenvalue weighted by Crippen LogP contribution is 2.24. The second-order valence-corrected chi connectivity index (χ2v) is 8.51. The van der Waals surface area contributed by atoms with E-state index in [-0.39, 0.29) is 12.1 Å². The average molecular weight is 441 g/mol. The zero-order chi connectivity index (χ0) is 23.1. The first-order chi connectivity index (χ1) is 15.2. The van der Waals surface area contributed by atoms with E-state index in [2.05, 4.69) is 15.5 Å². The molecular weight excluding hydrogens is 408 g/mol. The Morgan fingerprint density at radius 1 is 0.938 bits per heavy atom. The minimum atomic E-state index is -0.492. The zero-order valence-corrected chi connectivity index (χ0v) is 19.2. The van der Waals surface area contributed by atoms with Gasteiger partial charge in [0.25, 0.3) is 0 Å². The molecule has 8 nitrogen and oxygen atoms in total. The van der Waals surface area contributed by atoms with Crippen molar-refractivity contribution >= 4 is 29.2 Å². The van der Waals surface area contributed by atoms with Gasteiger partial charge >= 0.3 is 12.1 Å². The van der Waals surface area contributed by atoms with Gasteiger partial charge in [0.1, 0.15) is 11.4 Å². The molecule has 1 fully saturated rings. The third kappa shape index (κ3) is 6.54. The molecule has 1 heterocycles. The van der Waals surface area contributed by atoms with Crippen LogP contribution < -0.4 is 20.3 Å². The summed E-state index contributed by atoms with van der Waals surface area (Å²) >= 11 is 0. The quantitative estimate of drug-likeness (QED) is 0.699. The van der Waals surface area contributed by atoms with Crippen molar-refractivity contribution < 1.29 is 19.1 Å². The van der Waals surface area contributed by atoms with Gasteiger partial charge in [-0.25, -0.2) is 9.59 Å². The molecule has 3 rings (SSSR count). The van der Waals surface area contributed by atoms with Gasteiger partial charge in [-0.2, -0.15) is 0 Å². The third-order valence-electron chi connectivity index (χ3n) is 4.86. The fourth-order valence-corrected chi connectivity index (χ4v) is 3.37. The van der Waals surface area contributed by atoms with Crippen LogP contribution in [0.5, 0.6) is 5.75 Å². The summed E-state index contributed by atoms with van der Waals surface area (Å²) < 4.78 is 11.0. The molecule has 172 valence electrons. The monoisotopic (exact) mass is 440 g/mol. The van der Waals surface area contributed by atoms with Crippen LogP contribution in [0.3, 0.4) is 0 Å². The molecule has 0 atom stereocenters. The standard InChI is InChI=1S/C24H32N4O4/c1-5-31-21-9-7-6-8-20(21)26-22(29)25-18-10-12-19(13-11-18)27-14-16-28(17-15-27)23(30)32-24(2,3)4/h6-13H,5,14-17H2,1-4H3,(H2,25,26,29). The van der Waals surface area contributed by atoms with E-state index in [9.17, 15) is 9.59 Å². The van der Waals surface area contributed by atoms with E-state index >= 15 is 0 Å². The zero-order valence-electron chi connectivity index (χ0n) is 19.2. The molecule has 0 aliphatic carbocycles. The molecule has 0 spiro atoms. The van der Waals surface area contributed by atoms with Gasteiger partial charge in [-0.1, -0.05) is 12.1 Å². The van der Waals surface area contributed by atoms with Crippen molar-refractivity contribution in [2.24, 2.45) is 0 Å². The van der Waals surface area contributed by atoms with Crippen LogP contribution in [0.2, 0.25) is 0 Å². The number of nitrogens with zero attached hydrogens (tertiary/aromatic N) is 2. The fraction of sp³-hybridized carbons (Fsp3) is 0.417. The Morgan fingerprint density at radius 3 is 2.22 bits per heavy atom. The molecule has 0 bridgehead atoms. The maximum atomic E-state index is 12.4. The summed E-state index contributed by atoms with van der Waals surface area (Å²) in [5.74, 6) is 0.631. The van der Waals surface area contributed by atoms with Crippen molar-refractivity contribution in [1.82, 2.24) is 4.90 Å². The first-order valence-corrected chi connectivity index (χ1v) is 10.9. The molecule has 0 radical (unpaired) electrons. The maximum Gasteiger partial charge on any atom is 0.410 e. The predicted octanol–water partition coefficient (Wildman–Crippen LogP) is 4.79. The number of carbonyl (C=O) groups excluding carboxylic acids is 2. The van der Waals surface area contributed by atoms with E-state index in [1.165, 1.54) is 0 Å². The molecule has 0 saturated carbocycles. The summed E-state index contributed by atoms with van der Waals surface area (Å²) in [7, 11) is 0. The smallest absolute Gasteiger partial charge is 0.410 e. The first kappa shape index (κ1) is 23.2. The number of hydrogen-bond donors (Lipinski definition) is 2. The van der Waals surface area contributed by atoms with Crippen molar-refractivity contribution in [3.8, 4) is 5.75 Å². The number of hydrogen-bond acceptors (Lipinski definition) is 5. The second-order valence-electron chi connectivity index (χ2n) is 8.51. The SMILES string of the molecule is CCOc1ccccc1NC(=O)Nc1ccc(N2CCN(C(=O)OC(C)(C)C)CC2)cc1. The van der Waals surface area contributed by atoms with Gasteiger partial charge in [-0.05, 0) is 64.1 Å². The van der Waals surface area contributed by atoms with Crippen molar-refractivity contribution in [3.63, 3.8) is 0 Å². The van der Waals surface area contributed by atoms with Gasteiger partial charge in [0.15, 0.2) is 0 Å². The highest BCUT2D eigenvalue weighted by molar-refractivity contribution is 6.00. The van der Waals surface area contributed by atoms with E-state index in [0.717, 1.165) is 18.8 Å². The summed E-state index contributed by atoms with van der Waals surface area (Å²) in [5, 5.41) is 5.66. The van der Waals surface area contributed by atoms with E-state index in [4.69, 9.17) is 9.47 Å². The Labute approximate surface area is 189 Å². The van der Waals surface area contributed by atoms with Crippen LogP contribution in [-0.4, -0.2) is 55.4 Å². The van der Waals surface area contributed by atoms with Gasteiger partial charge in [0.05, 0.1) is 12.3 Å². The Bertz CT molecular complexity index is 916. The van der Waals surface area contributed by atoms with E-state index in [0.29, 0.717) is 36.8 Å². The Hall–Kier alpha value is -3.42. The van der Waals surface area contributed by atoms with Gasteiger partial charge < -0.3 is 29.9 Å². The minimum Gasteiger partial charge on any atom is -0.492 e. The molecular formula is C24H32N4O4. The van der Waals surface area contributed by atoms with Gasteiger partial charge in [-0.3, -0.25) is 0 Å². The lowest BCUT2D eigenvalue weighted by molar-refractivity contribution is 0.0240. The third-order valence-corrected chi connectivity index (χ3v) is 4.86. The van der Waals surface area contributed by atoms with E-state index < -0.39 is 5.60 Å². The lowest BCUT2D eigenvalue weighted by atomic mass is 10.2. The summed E-state index contributed by atoms with van der Waals surface area (Å²) in [6.45, 7) is 10.7. The topological polar surface area (TPSA) is 83.1 Å². The Kier molecular flexibility index (Phi) is 7.45. The van der Waals surface area contributed by atoms with Gasteiger partial charge in [-0.15, -0.1) is 0 Å². The highest BCUT2D eigenvalue weighted by atomic mass is 16.6. The molecule has 8 heteroatoms. The molecule has 1 aliphatic heterocycles. The molecule has 2 aromatic carbocycles. The molecule has 1 saturated heterocycles. The number of benzene rings is 2. The van der Waals surface area contributed by atoms with Crippen LogP contribution in [0.1, 0.15) is 27.7 Å². The number of piperazine rings is 1. The highest BCUT2D eigenvalue weighted by Gasteiger charge is 2.25. The van der Waals surface area contributed by atoms with Crippen LogP contribution in [0, 0.1) is 0 Å². The number of nitrogens with one attached hydrogen (secondary N) is 2. The maximum absolute atomic E-state index is 12.4. The van der Waals surface area contributed by atoms with E-state index in [1.807, 2.05) is 70.2 Å². The number of carbonyl (C=O) groups is 2. The summed E-state index contributed by atoms with van der Waals surface area (Å²) in [6.07, 6.45) is -0.270. The lowest BCUT2D eigenvalue weighted by Crippen LogP contribution is -2.50. The number of anilines is 3. The predicted molar refractivity (Wildman–Crippen MR) is 127 cm³/mol. The van der Waals surface area contributed by atoms with Crippen LogP contribution in [0.15, 0.2) is 48.5 Å². The number of ether oxygens (including phenoxy) is 2. The first-order valence-electron chi connectivity index (χ1n) is 10.9. The minimum absolute atomic E-state index is 0.270. The number of amides is 3. The Balaban J connectivity index is 1.51. The van der Waals surface area contributed by atoms with Crippen LogP contribution in [0.4, 0.5) is 26.7 Å². The second kappa shape index (κ2) is 10.3. The lowest BCUT2D eigenvalue weighted by Gasteiger charge is -2.36. The number of para-hydroxylation sites is 2. The number of rotatable bonds is 5. The van der Waals surface area contributed by atoms with E-state index in [1.54, 1.807) is 11.0 Å². The largest absolute Gasteiger partial charge is 0.492 e. The van der Waals surface area contributed by atoms with Crippen LogP contribution >= 0.6 is 0 Å². The molecule has 32 heavy (non-hydrogen) atoms. The average Bonchev–Trinajstić information content (AvgIpc) is 2.75. The summed E-state index contributed by atoms with van der Waals surface area (Å²) in [5.41, 5.74) is 1.86. The fourth-order valence-electron chi connectivity index (χ4n) is 3.37. The van der Waals surface area contributed by atoms with Crippen molar-refractivity contribution in [3.05, 3.63) is 48.5 Å². The van der Waals surface area contributed by atoms with Crippen LogP contribution in [-0.2, 0) is 4.74 Å². The molecule has 2 aromatic rings. The Morgan fingerprint density at radius 2 is 1.59 bits per heavy atom. The van der Waals surface area contributed by atoms with Crippen molar-refractivity contribution in [2.75, 3.05) is 48.3 Å². The number of urea groups is 1. The summed E-state index contributed by atoms with van der Waals surface area (Å²) in [4.78, 5) is 28.6. The molecule has 0 unspecified atom stereocenters. The summed E-state index contributed by atoms with van der Waals surface area (Å²) in [6, 6.07) is 14.6. The van der Waals surface area contributed by atoms with Crippen molar-refractivity contribution in [2.45, 2.75) is 33.3 Å².